The molecule has 0 unspecified atom stereocenters. The van der Waals surface area contributed by atoms with Crippen molar-refractivity contribution in [3.05, 3.63) is 164 Å². The monoisotopic (exact) mass is 772 g/mol. The Morgan fingerprint density at radius 3 is 2.09 bits per heavy atom. The van der Waals surface area contributed by atoms with Crippen LogP contribution >= 0.6 is 0 Å². The molecule has 6 nitrogen and oxygen atoms in total. The van der Waals surface area contributed by atoms with Crippen LogP contribution in [0.4, 0.5) is 5.69 Å². The van der Waals surface area contributed by atoms with Crippen molar-refractivity contribution >= 4 is 29.6 Å². The number of aromatic nitrogens is 1. The molecule has 0 radical (unpaired) electrons. The summed E-state index contributed by atoms with van der Waals surface area (Å²) >= 11 is 0. The fourth-order valence-electron chi connectivity index (χ4n) is 3.61. The van der Waals surface area contributed by atoms with Crippen LogP contribution in [0.2, 0.25) is 0 Å². The minimum Gasteiger partial charge on any atom is -0.377 e. The van der Waals surface area contributed by atoms with E-state index in [-0.39, 0.29) is 5.91 Å². The normalized spacial score (nSPS) is 10.6. The zero-order chi connectivity index (χ0) is 44.5. The summed E-state index contributed by atoms with van der Waals surface area (Å²) in [5.41, 5.74) is 6.07. The van der Waals surface area contributed by atoms with Gasteiger partial charge in [-0.3, -0.25) is 14.8 Å². The van der Waals surface area contributed by atoms with Gasteiger partial charge in [0.15, 0.2) is 0 Å². The lowest BCUT2D eigenvalue weighted by Gasteiger charge is -2.11. The van der Waals surface area contributed by atoms with Gasteiger partial charge in [0, 0.05) is 56.7 Å². The van der Waals surface area contributed by atoms with E-state index in [2.05, 4.69) is 116 Å². The molecule has 1 aromatic heterocycles. The number of carbonyl (C=O) groups excluding carboxylic acids is 1. The van der Waals surface area contributed by atoms with Crippen molar-refractivity contribution in [3.63, 3.8) is 0 Å². The van der Waals surface area contributed by atoms with E-state index >= 15 is 0 Å². The molecule has 0 saturated carbocycles. The molecule has 0 aliphatic carbocycles. The quantitative estimate of drug-likeness (QED) is 0.143. The molecule has 2 aliphatic rings. The van der Waals surface area contributed by atoms with Crippen LogP contribution in [0.1, 0.15) is 92.2 Å². The van der Waals surface area contributed by atoms with Gasteiger partial charge in [0.1, 0.15) is 0 Å². The van der Waals surface area contributed by atoms with Gasteiger partial charge in [-0.2, -0.15) is 0 Å². The van der Waals surface area contributed by atoms with Crippen LogP contribution in [0.25, 0.3) is 5.57 Å². The first-order valence-corrected chi connectivity index (χ1v) is 19.0. The SMILES string of the molecule is C#C.C#CC.C/C=C\C.C=C(C)CC(=C)c1cccc(NC(=O)Cc2cccnc2)c1.C=CC.C=CC=N.CC.CCC/C=C/C1=CN=CC1.CN1C=CC=CC1. The van der Waals surface area contributed by atoms with Crippen LogP contribution in [0.5, 0.6) is 0 Å². The number of hydrogen-bond acceptors (Lipinski definition) is 5. The van der Waals surface area contributed by atoms with Crippen molar-refractivity contribution in [2.75, 3.05) is 18.9 Å². The fourth-order valence-corrected chi connectivity index (χ4v) is 3.61. The van der Waals surface area contributed by atoms with Gasteiger partial charge in [-0.25, -0.2) is 0 Å². The summed E-state index contributed by atoms with van der Waals surface area (Å²) in [7, 11) is 2.06. The minimum atomic E-state index is -0.0596. The maximum atomic E-state index is 12.1. The summed E-state index contributed by atoms with van der Waals surface area (Å²) in [6.07, 6.45) is 45.3. The number of aliphatic imine (C=N–C) groups is 1. The molecule has 0 bridgehead atoms. The highest BCUT2D eigenvalue weighted by Gasteiger charge is 2.06. The van der Waals surface area contributed by atoms with Crippen molar-refractivity contribution in [1.29, 1.82) is 5.41 Å². The number of allylic oxidation sites excluding steroid dienone is 11. The number of nitrogens with one attached hydrogen (secondary N) is 2. The third kappa shape index (κ3) is 45.8. The minimum absolute atomic E-state index is 0.0596. The fraction of sp³-hybridized carbons (Fsp3) is 0.294. The number of unbranched alkanes of at least 4 members (excludes halogenated alkanes) is 1. The molecule has 2 aromatic rings. The Labute approximate surface area is 349 Å². The van der Waals surface area contributed by atoms with E-state index in [4.69, 9.17) is 5.41 Å². The molecule has 2 aliphatic heterocycles. The van der Waals surface area contributed by atoms with Gasteiger partial charge in [0.05, 0.1) is 6.42 Å². The molecule has 57 heavy (non-hydrogen) atoms. The van der Waals surface area contributed by atoms with Gasteiger partial charge in [-0.15, -0.1) is 31.8 Å². The molecule has 2 N–H and O–H groups in total. The largest absolute Gasteiger partial charge is 0.377 e. The molecule has 0 atom stereocenters. The number of pyridine rings is 1. The zero-order valence-electron chi connectivity index (χ0n) is 36.7. The predicted molar refractivity (Wildman–Crippen MR) is 259 cm³/mol. The first kappa shape index (κ1) is 60.0. The Balaban J connectivity index is -0.000000214. The average molecular weight is 772 g/mol. The molecular weight excluding hydrogens is 699 g/mol. The van der Waals surface area contributed by atoms with E-state index in [9.17, 15) is 4.79 Å². The Morgan fingerprint density at radius 2 is 1.68 bits per heavy atom. The lowest BCUT2D eigenvalue weighted by Crippen LogP contribution is -2.14. The van der Waals surface area contributed by atoms with Crippen molar-refractivity contribution in [3.8, 4) is 25.2 Å². The number of anilines is 1. The first-order chi connectivity index (χ1) is 27.5. The highest BCUT2D eigenvalue weighted by molar-refractivity contribution is 5.92. The van der Waals surface area contributed by atoms with Gasteiger partial charge in [0.2, 0.25) is 5.91 Å². The standard InChI is InChI=1S/C19H20N2O.C9H13N.C6H9N.C4H8.C3H5N.C3H6.C3H4.C2H6.C2H2/c1-14(2)10-15(3)17-7-4-8-18(12-17)21-19(22)11-16-6-5-9-20-13-16;1-2-3-4-5-9-6-7-10-8-9;1-7-5-3-2-4-6-7;1-3-4-2;1-2-3-4;2*1-3-2;2*1-2/h4-9,12-13H,1,3,10-11H2,2H3,(H,21,22);4-5,7-8H,2-3,6H2,1H3;2-5H,6H2,1H3;3-4H,1-2H3;2-4H,1H2;3H,1H2,2H3;1H,2H3;1-2H3;1-2H/b;5-4+;;4-3-;;;;;. The van der Waals surface area contributed by atoms with Gasteiger partial charge in [-0.05, 0) is 100 Å². The van der Waals surface area contributed by atoms with Crippen LogP contribution in [-0.2, 0) is 11.2 Å². The van der Waals surface area contributed by atoms with E-state index in [0.717, 1.165) is 53.6 Å². The highest BCUT2D eigenvalue weighted by atomic mass is 16.1. The Hall–Kier alpha value is -6.24. The van der Waals surface area contributed by atoms with E-state index in [0.29, 0.717) is 6.42 Å². The third-order valence-electron chi connectivity index (χ3n) is 6.05. The summed E-state index contributed by atoms with van der Waals surface area (Å²) in [5, 5.41) is 9.12. The Kier molecular flexibility index (Phi) is 52.4. The summed E-state index contributed by atoms with van der Waals surface area (Å²) in [6, 6.07) is 11.4. The number of amides is 1. The number of likely N-dealkylation sites (N-methyl/N-ethyl adjacent to an activating group) is 1. The molecule has 3 heterocycles. The smallest absolute Gasteiger partial charge is 0.228 e. The maximum Gasteiger partial charge on any atom is 0.228 e. The first-order valence-electron chi connectivity index (χ1n) is 19.0. The molecular formula is C51H73N5O. The lowest BCUT2D eigenvalue weighted by molar-refractivity contribution is -0.115. The molecule has 0 saturated heterocycles. The van der Waals surface area contributed by atoms with Crippen LogP contribution in [0, 0.1) is 30.6 Å². The predicted octanol–water partition coefficient (Wildman–Crippen LogP) is 13.5. The molecule has 4 rings (SSSR count). The van der Waals surface area contributed by atoms with E-state index < -0.39 is 0 Å². The van der Waals surface area contributed by atoms with E-state index in [1.807, 2.05) is 109 Å². The number of terminal acetylenes is 2. The van der Waals surface area contributed by atoms with Gasteiger partial charge in [0.25, 0.3) is 0 Å². The second kappa shape index (κ2) is 49.8. The van der Waals surface area contributed by atoms with Crippen LogP contribution in [0.3, 0.4) is 0 Å². The maximum absolute atomic E-state index is 12.1. The summed E-state index contributed by atoms with van der Waals surface area (Å²) in [6.45, 7) is 31.3. The van der Waals surface area contributed by atoms with Gasteiger partial charge >= 0.3 is 0 Å². The van der Waals surface area contributed by atoms with E-state index in [1.54, 1.807) is 25.4 Å². The lowest BCUT2D eigenvalue weighted by atomic mass is 10.0. The molecule has 0 fully saturated rings. The molecule has 1 aromatic carbocycles. The molecule has 0 spiro atoms. The number of benzene rings is 1. The molecule has 6 heteroatoms. The number of carbonyl (C=O) groups is 1. The van der Waals surface area contributed by atoms with Crippen molar-refractivity contribution in [2.24, 2.45) is 4.99 Å². The van der Waals surface area contributed by atoms with Crippen LogP contribution in [-0.4, -0.2) is 41.8 Å². The molecule has 1 amide bonds. The number of hydrogen-bond donors (Lipinski definition) is 2. The summed E-state index contributed by atoms with van der Waals surface area (Å²) in [4.78, 5) is 22.2. The number of rotatable bonds is 10. The summed E-state index contributed by atoms with van der Waals surface area (Å²) in [5.74, 6) is 2.19. The number of nitrogens with zero attached hydrogens (tertiary/aromatic N) is 3. The van der Waals surface area contributed by atoms with Crippen molar-refractivity contribution in [2.45, 2.75) is 87.5 Å². The molecule has 308 valence electrons. The van der Waals surface area contributed by atoms with Gasteiger partial charge < -0.3 is 15.6 Å². The van der Waals surface area contributed by atoms with Crippen molar-refractivity contribution in [1.82, 2.24) is 9.88 Å². The van der Waals surface area contributed by atoms with Crippen LogP contribution < -0.4 is 5.32 Å². The second-order valence-corrected chi connectivity index (χ2v) is 11.3. The average Bonchev–Trinajstić information content (AvgIpc) is 3.75. The van der Waals surface area contributed by atoms with Crippen molar-refractivity contribution < 1.29 is 4.79 Å². The Morgan fingerprint density at radius 1 is 1.07 bits per heavy atom. The van der Waals surface area contributed by atoms with Gasteiger partial charge in [-0.1, -0.05) is 119 Å². The van der Waals surface area contributed by atoms with Crippen LogP contribution in [0.15, 0.2) is 158 Å². The topological polar surface area (TPSA) is 81.4 Å². The highest BCUT2D eigenvalue weighted by Crippen LogP contribution is 2.22. The van der Waals surface area contributed by atoms with E-state index in [1.165, 1.54) is 24.5 Å². The second-order valence-electron chi connectivity index (χ2n) is 11.3. The third-order valence-corrected chi connectivity index (χ3v) is 6.05. The summed E-state index contributed by atoms with van der Waals surface area (Å²) < 4.78 is 0. The Bertz CT molecular complexity index is 1570. The zero-order valence-corrected chi connectivity index (χ0v) is 36.7.